The summed E-state index contributed by atoms with van der Waals surface area (Å²) in [6, 6.07) is 4.53. The standard InChI is InChI=1S/C14H22N2O4S/c1-16-21(17,18)12-7-8-14(13(15)9-12)20-11-5-3-10(19-2)4-6-11/h7-11,16H,3-6,15H2,1-2H3. The Hall–Kier alpha value is -1.31. The molecule has 3 N–H and O–H groups in total. The van der Waals surface area contributed by atoms with Gasteiger partial charge in [0.05, 0.1) is 22.8 Å². The molecule has 0 saturated heterocycles. The number of hydrogen-bond acceptors (Lipinski definition) is 5. The van der Waals surface area contributed by atoms with Gasteiger partial charge in [0.1, 0.15) is 5.75 Å². The molecule has 0 aliphatic heterocycles. The van der Waals surface area contributed by atoms with Crippen molar-refractivity contribution in [2.75, 3.05) is 19.9 Å². The average Bonchev–Trinajstić information content (AvgIpc) is 2.50. The third kappa shape index (κ3) is 3.87. The first-order chi connectivity index (χ1) is 9.96. The van der Waals surface area contributed by atoms with Gasteiger partial charge in [-0.25, -0.2) is 13.1 Å². The van der Waals surface area contributed by atoms with Gasteiger partial charge in [0.2, 0.25) is 10.0 Å². The second-order valence-corrected chi connectivity index (χ2v) is 7.05. The molecule has 6 nitrogen and oxygen atoms in total. The van der Waals surface area contributed by atoms with Crippen LogP contribution in [0.3, 0.4) is 0 Å². The maximum absolute atomic E-state index is 11.7. The van der Waals surface area contributed by atoms with Crippen LogP contribution >= 0.6 is 0 Å². The first-order valence-corrected chi connectivity index (χ1v) is 8.47. The van der Waals surface area contributed by atoms with E-state index in [2.05, 4.69) is 4.72 Å². The van der Waals surface area contributed by atoms with E-state index in [-0.39, 0.29) is 11.0 Å². The molecule has 1 aromatic rings. The quantitative estimate of drug-likeness (QED) is 0.804. The predicted molar refractivity (Wildman–Crippen MR) is 80.8 cm³/mol. The van der Waals surface area contributed by atoms with Crippen LogP contribution in [0, 0.1) is 0 Å². The van der Waals surface area contributed by atoms with Gasteiger partial charge in [-0.2, -0.15) is 0 Å². The van der Waals surface area contributed by atoms with Crippen molar-refractivity contribution in [2.45, 2.75) is 42.8 Å². The molecule has 21 heavy (non-hydrogen) atoms. The molecule has 1 aliphatic carbocycles. The molecular weight excluding hydrogens is 292 g/mol. The molecule has 0 radical (unpaired) electrons. The summed E-state index contributed by atoms with van der Waals surface area (Å²) in [5.74, 6) is 0.533. The van der Waals surface area contributed by atoms with E-state index in [0.717, 1.165) is 25.7 Å². The number of rotatable bonds is 5. The zero-order valence-electron chi connectivity index (χ0n) is 12.3. The number of sulfonamides is 1. The van der Waals surface area contributed by atoms with Crippen molar-refractivity contribution in [1.29, 1.82) is 0 Å². The van der Waals surface area contributed by atoms with E-state index in [0.29, 0.717) is 17.5 Å². The van der Waals surface area contributed by atoms with Crippen molar-refractivity contribution in [3.63, 3.8) is 0 Å². The first kappa shape index (κ1) is 16.1. The van der Waals surface area contributed by atoms with Crippen molar-refractivity contribution in [2.24, 2.45) is 0 Å². The van der Waals surface area contributed by atoms with Gasteiger partial charge in [-0.05, 0) is 50.9 Å². The van der Waals surface area contributed by atoms with E-state index in [1.165, 1.54) is 19.2 Å². The number of anilines is 1. The van der Waals surface area contributed by atoms with Crippen molar-refractivity contribution >= 4 is 15.7 Å². The summed E-state index contributed by atoms with van der Waals surface area (Å²) in [7, 11) is -0.391. The Morgan fingerprint density at radius 3 is 2.33 bits per heavy atom. The largest absolute Gasteiger partial charge is 0.488 e. The zero-order valence-corrected chi connectivity index (χ0v) is 13.2. The predicted octanol–water partition coefficient (Wildman–Crippen LogP) is 1.51. The van der Waals surface area contributed by atoms with Crippen LogP contribution in [0.2, 0.25) is 0 Å². The Kier molecular flexibility index (Phi) is 5.08. The summed E-state index contributed by atoms with van der Waals surface area (Å²) < 4.78 is 36.9. The molecule has 1 fully saturated rings. The summed E-state index contributed by atoms with van der Waals surface area (Å²) in [5.41, 5.74) is 6.23. The van der Waals surface area contributed by atoms with Gasteiger partial charge in [0.15, 0.2) is 0 Å². The lowest BCUT2D eigenvalue weighted by molar-refractivity contribution is 0.0329. The minimum Gasteiger partial charge on any atom is -0.488 e. The Balaban J connectivity index is 2.05. The highest BCUT2D eigenvalue weighted by molar-refractivity contribution is 7.89. The highest BCUT2D eigenvalue weighted by Gasteiger charge is 2.23. The Morgan fingerprint density at radius 2 is 1.81 bits per heavy atom. The highest BCUT2D eigenvalue weighted by Crippen LogP contribution is 2.30. The number of methoxy groups -OCH3 is 1. The molecule has 2 rings (SSSR count). The Morgan fingerprint density at radius 1 is 1.19 bits per heavy atom. The van der Waals surface area contributed by atoms with E-state index in [1.807, 2.05) is 0 Å². The van der Waals surface area contributed by atoms with E-state index < -0.39 is 10.0 Å². The van der Waals surface area contributed by atoms with Crippen LogP contribution in [0.25, 0.3) is 0 Å². The fourth-order valence-electron chi connectivity index (χ4n) is 2.48. The van der Waals surface area contributed by atoms with Gasteiger partial charge < -0.3 is 15.2 Å². The lowest BCUT2D eigenvalue weighted by atomic mass is 9.95. The zero-order chi connectivity index (χ0) is 15.5. The molecule has 0 unspecified atom stereocenters. The van der Waals surface area contributed by atoms with E-state index in [9.17, 15) is 8.42 Å². The molecule has 0 heterocycles. The highest BCUT2D eigenvalue weighted by atomic mass is 32.2. The molecule has 1 aromatic carbocycles. The summed E-state index contributed by atoms with van der Waals surface area (Å²) in [5, 5.41) is 0. The van der Waals surface area contributed by atoms with Gasteiger partial charge in [0.25, 0.3) is 0 Å². The molecule has 1 aliphatic rings. The maximum atomic E-state index is 11.7. The molecule has 0 aromatic heterocycles. The fraction of sp³-hybridized carbons (Fsp3) is 0.571. The Labute approximate surface area is 125 Å². The maximum Gasteiger partial charge on any atom is 0.240 e. The molecule has 118 valence electrons. The molecule has 0 spiro atoms. The third-order valence-corrected chi connectivity index (χ3v) is 5.22. The summed E-state index contributed by atoms with van der Waals surface area (Å²) in [6.45, 7) is 0. The molecule has 1 saturated carbocycles. The van der Waals surface area contributed by atoms with Crippen LogP contribution in [0.4, 0.5) is 5.69 Å². The topological polar surface area (TPSA) is 90.7 Å². The number of nitrogen functional groups attached to an aromatic ring is 1. The first-order valence-electron chi connectivity index (χ1n) is 6.99. The minimum absolute atomic E-state index is 0.102. The van der Waals surface area contributed by atoms with Crippen molar-refractivity contribution in [3.05, 3.63) is 18.2 Å². The lowest BCUT2D eigenvalue weighted by Gasteiger charge is -2.28. The van der Waals surface area contributed by atoms with Gasteiger partial charge in [-0.1, -0.05) is 0 Å². The monoisotopic (exact) mass is 314 g/mol. The van der Waals surface area contributed by atoms with Crippen LogP contribution in [0.15, 0.2) is 23.1 Å². The van der Waals surface area contributed by atoms with E-state index in [1.54, 1.807) is 13.2 Å². The molecule has 0 bridgehead atoms. The second kappa shape index (κ2) is 6.64. The van der Waals surface area contributed by atoms with Crippen molar-refractivity contribution in [1.82, 2.24) is 4.72 Å². The van der Waals surface area contributed by atoms with Crippen LogP contribution < -0.4 is 15.2 Å². The van der Waals surface area contributed by atoms with E-state index >= 15 is 0 Å². The SMILES string of the molecule is CNS(=O)(=O)c1ccc(OC2CCC(OC)CC2)c(N)c1. The van der Waals surface area contributed by atoms with E-state index in [4.69, 9.17) is 15.2 Å². The lowest BCUT2D eigenvalue weighted by Crippen LogP contribution is -2.28. The van der Waals surface area contributed by atoms with Gasteiger partial charge >= 0.3 is 0 Å². The summed E-state index contributed by atoms with van der Waals surface area (Å²) >= 11 is 0. The number of ether oxygens (including phenoxy) is 2. The normalized spacial score (nSPS) is 23.0. The van der Waals surface area contributed by atoms with Crippen molar-refractivity contribution in [3.8, 4) is 5.75 Å². The van der Waals surface area contributed by atoms with Crippen LogP contribution in [-0.4, -0.2) is 34.8 Å². The van der Waals surface area contributed by atoms with Crippen LogP contribution in [-0.2, 0) is 14.8 Å². The van der Waals surface area contributed by atoms with Crippen LogP contribution in [0.5, 0.6) is 5.75 Å². The smallest absolute Gasteiger partial charge is 0.240 e. The summed E-state index contributed by atoms with van der Waals surface area (Å²) in [6.07, 6.45) is 4.17. The number of benzene rings is 1. The number of hydrogen-bond donors (Lipinski definition) is 2. The molecule has 7 heteroatoms. The second-order valence-electron chi connectivity index (χ2n) is 5.16. The van der Waals surface area contributed by atoms with Gasteiger partial charge in [-0.3, -0.25) is 0 Å². The van der Waals surface area contributed by atoms with Crippen LogP contribution in [0.1, 0.15) is 25.7 Å². The van der Waals surface area contributed by atoms with Gasteiger partial charge in [-0.15, -0.1) is 0 Å². The third-order valence-electron chi connectivity index (χ3n) is 3.81. The average molecular weight is 314 g/mol. The fourth-order valence-corrected chi connectivity index (χ4v) is 3.25. The van der Waals surface area contributed by atoms with Crippen molar-refractivity contribution < 1.29 is 17.9 Å². The molecular formula is C14H22N2O4S. The molecule has 0 atom stereocenters. The molecule has 0 amide bonds. The Bertz CT molecular complexity index is 581. The number of nitrogens with one attached hydrogen (secondary N) is 1. The minimum atomic E-state index is -3.48. The van der Waals surface area contributed by atoms with Gasteiger partial charge in [0, 0.05) is 7.11 Å². The number of nitrogens with two attached hydrogens (primary N) is 1. The summed E-state index contributed by atoms with van der Waals surface area (Å²) in [4.78, 5) is 0.137.